The van der Waals surface area contributed by atoms with Gasteiger partial charge in [0.15, 0.2) is 0 Å². The van der Waals surface area contributed by atoms with Gasteiger partial charge in [0.25, 0.3) is 0 Å². The molecule has 2 unspecified atom stereocenters. The average Bonchev–Trinajstić information content (AvgIpc) is 2.45. The fraction of sp³-hybridized carbons (Fsp3) is 0.684. The van der Waals surface area contributed by atoms with Crippen LogP contribution in [-0.4, -0.2) is 12.6 Å². The first kappa shape index (κ1) is 16.2. The van der Waals surface area contributed by atoms with Crippen LogP contribution in [0.4, 0.5) is 5.69 Å². The smallest absolute Gasteiger partial charge is 0.121 e. The molecular formula is C19H31NO. The van der Waals surface area contributed by atoms with Gasteiger partial charge in [-0.3, -0.25) is 0 Å². The maximum atomic E-state index is 5.72. The van der Waals surface area contributed by atoms with Crippen LogP contribution >= 0.6 is 0 Å². The summed E-state index contributed by atoms with van der Waals surface area (Å²) in [5.74, 6) is 2.70. The van der Waals surface area contributed by atoms with Gasteiger partial charge in [0.1, 0.15) is 5.75 Å². The highest BCUT2D eigenvalue weighted by molar-refractivity contribution is 5.48. The Morgan fingerprint density at radius 1 is 1.29 bits per heavy atom. The van der Waals surface area contributed by atoms with E-state index in [2.05, 4.69) is 44.3 Å². The SMILES string of the molecule is CCCOc1cccc(NC2CCCC(CC(C)C)C2)c1. The van der Waals surface area contributed by atoms with Gasteiger partial charge in [-0.15, -0.1) is 0 Å². The number of ether oxygens (including phenoxy) is 1. The summed E-state index contributed by atoms with van der Waals surface area (Å²) in [5.41, 5.74) is 1.21. The molecule has 2 atom stereocenters. The molecule has 1 fully saturated rings. The molecule has 1 aliphatic rings. The van der Waals surface area contributed by atoms with E-state index < -0.39 is 0 Å². The van der Waals surface area contributed by atoms with Gasteiger partial charge in [0.05, 0.1) is 6.61 Å². The van der Waals surface area contributed by atoms with Gasteiger partial charge in [-0.25, -0.2) is 0 Å². The van der Waals surface area contributed by atoms with Crippen LogP contribution in [0.1, 0.15) is 59.3 Å². The fourth-order valence-corrected chi connectivity index (χ4v) is 3.43. The zero-order chi connectivity index (χ0) is 15.1. The van der Waals surface area contributed by atoms with Crippen LogP contribution in [0.25, 0.3) is 0 Å². The summed E-state index contributed by atoms with van der Waals surface area (Å²) in [6.45, 7) is 7.61. The van der Waals surface area contributed by atoms with Crippen LogP contribution in [0.3, 0.4) is 0 Å². The van der Waals surface area contributed by atoms with Gasteiger partial charge < -0.3 is 10.1 Å². The molecule has 1 aliphatic carbocycles. The predicted molar refractivity (Wildman–Crippen MR) is 91.1 cm³/mol. The summed E-state index contributed by atoms with van der Waals surface area (Å²) in [7, 11) is 0. The summed E-state index contributed by atoms with van der Waals surface area (Å²) in [4.78, 5) is 0. The lowest BCUT2D eigenvalue weighted by Crippen LogP contribution is -2.27. The zero-order valence-electron chi connectivity index (χ0n) is 13.9. The highest BCUT2D eigenvalue weighted by atomic mass is 16.5. The van der Waals surface area contributed by atoms with Crippen molar-refractivity contribution in [1.29, 1.82) is 0 Å². The van der Waals surface area contributed by atoms with E-state index in [4.69, 9.17) is 4.74 Å². The van der Waals surface area contributed by atoms with Gasteiger partial charge in [-0.05, 0) is 49.7 Å². The number of hydrogen-bond donors (Lipinski definition) is 1. The van der Waals surface area contributed by atoms with E-state index >= 15 is 0 Å². The number of benzene rings is 1. The Hall–Kier alpha value is -1.18. The molecule has 21 heavy (non-hydrogen) atoms. The predicted octanol–water partition coefficient (Wildman–Crippen LogP) is 5.49. The maximum absolute atomic E-state index is 5.72. The van der Waals surface area contributed by atoms with Gasteiger partial charge in [-0.2, -0.15) is 0 Å². The standard InChI is InChI=1S/C19H31NO/c1-4-11-21-19-10-6-9-18(14-19)20-17-8-5-7-16(13-17)12-15(2)3/h6,9-10,14-17,20H,4-5,7-8,11-13H2,1-3H3. The van der Waals surface area contributed by atoms with Gasteiger partial charge in [0.2, 0.25) is 0 Å². The first-order valence-corrected chi connectivity index (χ1v) is 8.66. The third-order valence-corrected chi connectivity index (χ3v) is 4.27. The minimum absolute atomic E-state index is 0.629. The molecule has 0 heterocycles. The third kappa shape index (κ3) is 5.61. The second-order valence-corrected chi connectivity index (χ2v) is 6.88. The van der Waals surface area contributed by atoms with Crippen LogP contribution < -0.4 is 10.1 Å². The molecule has 0 aromatic heterocycles. The van der Waals surface area contributed by atoms with Crippen molar-refractivity contribution in [2.24, 2.45) is 11.8 Å². The molecule has 0 saturated heterocycles. The lowest BCUT2D eigenvalue weighted by molar-refractivity contribution is 0.289. The molecule has 0 spiro atoms. The molecule has 2 heteroatoms. The van der Waals surface area contributed by atoms with Crippen molar-refractivity contribution in [1.82, 2.24) is 0 Å². The summed E-state index contributed by atoms with van der Waals surface area (Å²) < 4.78 is 5.72. The van der Waals surface area contributed by atoms with E-state index in [0.717, 1.165) is 30.6 Å². The number of hydrogen-bond acceptors (Lipinski definition) is 2. The van der Waals surface area contributed by atoms with E-state index in [-0.39, 0.29) is 0 Å². The molecule has 1 saturated carbocycles. The summed E-state index contributed by atoms with van der Waals surface area (Å²) in [6.07, 6.45) is 7.82. The quantitative estimate of drug-likeness (QED) is 0.716. The second kappa shape index (κ2) is 8.31. The summed E-state index contributed by atoms with van der Waals surface area (Å²) >= 11 is 0. The topological polar surface area (TPSA) is 21.3 Å². The minimum atomic E-state index is 0.629. The summed E-state index contributed by atoms with van der Waals surface area (Å²) in [6, 6.07) is 9.06. The molecule has 1 N–H and O–H groups in total. The Balaban J connectivity index is 1.88. The highest BCUT2D eigenvalue weighted by Gasteiger charge is 2.22. The van der Waals surface area contributed by atoms with Crippen LogP contribution in [0.15, 0.2) is 24.3 Å². The Kier molecular flexibility index (Phi) is 6.41. The van der Waals surface area contributed by atoms with E-state index in [0.29, 0.717) is 6.04 Å². The van der Waals surface area contributed by atoms with Crippen molar-refractivity contribution in [3.05, 3.63) is 24.3 Å². The van der Waals surface area contributed by atoms with Crippen molar-refractivity contribution in [2.75, 3.05) is 11.9 Å². The van der Waals surface area contributed by atoms with Crippen LogP contribution in [0.2, 0.25) is 0 Å². The Morgan fingerprint density at radius 2 is 2.14 bits per heavy atom. The molecule has 0 amide bonds. The van der Waals surface area contributed by atoms with Crippen LogP contribution in [0, 0.1) is 11.8 Å². The van der Waals surface area contributed by atoms with Gasteiger partial charge in [-0.1, -0.05) is 39.7 Å². The lowest BCUT2D eigenvalue weighted by Gasteiger charge is -2.31. The number of nitrogens with one attached hydrogen (secondary N) is 1. The zero-order valence-corrected chi connectivity index (χ0v) is 13.9. The molecular weight excluding hydrogens is 258 g/mol. The molecule has 2 rings (SSSR count). The summed E-state index contributed by atoms with van der Waals surface area (Å²) in [5, 5.41) is 3.72. The Labute approximate surface area is 130 Å². The fourth-order valence-electron chi connectivity index (χ4n) is 3.43. The Bertz CT molecular complexity index is 416. The monoisotopic (exact) mass is 289 g/mol. The molecule has 0 bridgehead atoms. The van der Waals surface area contributed by atoms with Crippen molar-refractivity contribution >= 4 is 5.69 Å². The minimum Gasteiger partial charge on any atom is -0.494 e. The first-order valence-electron chi connectivity index (χ1n) is 8.66. The van der Waals surface area contributed by atoms with Crippen molar-refractivity contribution in [3.63, 3.8) is 0 Å². The molecule has 0 radical (unpaired) electrons. The molecule has 2 nitrogen and oxygen atoms in total. The van der Waals surface area contributed by atoms with Gasteiger partial charge in [0, 0.05) is 17.8 Å². The van der Waals surface area contributed by atoms with Crippen molar-refractivity contribution < 1.29 is 4.74 Å². The maximum Gasteiger partial charge on any atom is 0.121 e. The van der Waals surface area contributed by atoms with E-state index in [1.807, 2.05) is 6.07 Å². The number of rotatable bonds is 7. The normalized spacial score (nSPS) is 22.3. The Morgan fingerprint density at radius 3 is 2.90 bits per heavy atom. The molecule has 1 aromatic carbocycles. The van der Waals surface area contributed by atoms with E-state index in [1.165, 1.54) is 37.8 Å². The number of anilines is 1. The molecule has 1 aromatic rings. The van der Waals surface area contributed by atoms with Crippen molar-refractivity contribution in [3.8, 4) is 5.75 Å². The lowest BCUT2D eigenvalue weighted by atomic mass is 9.81. The highest BCUT2D eigenvalue weighted by Crippen LogP contribution is 2.31. The van der Waals surface area contributed by atoms with Crippen LogP contribution in [0.5, 0.6) is 5.75 Å². The average molecular weight is 289 g/mol. The van der Waals surface area contributed by atoms with E-state index in [9.17, 15) is 0 Å². The molecule has 118 valence electrons. The second-order valence-electron chi connectivity index (χ2n) is 6.88. The van der Waals surface area contributed by atoms with E-state index in [1.54, 1.807) is 0 Å². The first-order chi connectivity index (χ1) is 10.2. The van der Waals surface area contributed by atoms with Gasteiger partial charge >= 0.3 is 0 Å². The van der Waals surface area contributed by atoms with Crippen molar-refractivity contribution in [2.45, 2.75) is 65.3 Å². The third-order valence-electron chi connectivity index (χ3n) is 4.27. The molecule has 0 aliphatic heterocycles. The largest absolute Gasteiger partial charge is 0.494 e. The van der Waals surface area contributed by atoms with Crippen LogP contribution in [-0.2, 0) is 0 Å².